The second kappa shape index (κ2) is 5.58. The second-order valence-corrected chi connectivity index (χ2v) is 9.37. The van der Waals surface area contributed by atoms with Gasteiger partial charge in [0.2, 0.25) is 10.0 Å². The molecule has 0 aromatic carbocycles. The molecule has 0 amide bonds. The van der Waals surface area contributed by atoms with Crippen molar-refractivity contribution in [3.8, 4) is 0 Å². The van der Waals surface area contributed by atoms with E-state index in [4.69, 9.17) is 0 Å². The van der Waals surface area contributed by atoms with Crippen LogP contribution >= 0.6 is 0 Å². The molecule has 5 heteroatoms. The Balaban J connectivity index is 1.43. The lowest BCUT2D eigenvalue weighted by molar-refractivity contribution is -0.0194. The normalized spacial score (nSPS) is 39.4. The van der Waals surface area contributed by atoms with Crippen LogP contribution in [0.3, 0.4) is 0 Å². The molecule has 116 valence electrons. The molecule has 0 atom stereocenters. The van der Waals surface area contributed by atoms with Gasteiger partial charge in [0.25, 0.3) is 0 Å². The zero-order valence-corrected chi connectivity index (χ0v) is 13.3. The molecule has 4 fully saturated rings. The van der Waals surface area contributed by atoms with Gasteiger partial charge in [-0.3, -0.25) is 0 Å². The van der Waals surface area contributed by atoms with Gasteiger partial charge in [0.05, 0.1) is 5.75 Å². The van der Waals surface area contributed by atoms with Gasteiger partial charge in [0.15, 0.2) is 0 Å². The van der Waals surface area contributed by atoms with Gasteiger partial charge in [-0.25, -0.2) is 13.1 Å². The van der Waals surface area contributed by atoms with Crippen LogP contribution in [0.2, 0.25) is 0 Å². The highest BCUT2D eigenvalue weighted by Crippen LogP contribution is 2.55. The van der Waals surface area contributed by atoms with Crippen LogP contribution in [-0.2, 0) is 10.0 Å². The second-order valence-electron chi connectivity index (χ2n) is 7.28. The van der Waals surface area contributed by atoms with Gasteiger partial charge in [-0.05, 0) is 76.2 Å². The summed E-state index contributed by atoms with van der Waals surface area (Å²) in [5.74, 6) is 3.07. The fourth-order valence-corrected chi connectivity index (χ4v) is 5.76. The molecular weight excluding hydrogens is 272 g/mol. The largest absolute Gasteiger partial charge is 0.311 e. The molecule has 0 aromatic heterocycles. The molecule has 4 aliphatic rings. The highest BCUT2D eigenvalue weighted by molar-refractivity contribution is 7.89. The van der Waals surface area contributed by atoms with E-state index >= 15 is 0 Å². The summed E-state index contributed by atoms with van der Waals surface area (Å²) in [4.78, 5) is 0. The fraction of sp³-hybridized carbons (Fsp3) is 1.00. The first kappa shape index (κ1) is 14.8. The first-order chi connectivity index (χ1) is 9.50. The van der Waals surface area contributed by atoms with Crippen LogP contribution in [0.1, 0.15) is 51.9 Å². The molecule has 20 heavy (non-hydrogen) atoms. The minimum absolute atomic E-state index is 0.176. The lowest BCUT2D eigenvalue weighted by Gasteiger charge is -2.57. The quantitative estimate of drug-likeness (QED) is 0.706. The van der Waals surface area contributed by atoms with Crippen LogP contribution in [0.25, 0.3) is 0 Å². The van der Waals surface area contributed by atoms with Crippen LogP contribution in [-0.4, -0.2) is 32.8 Å². The minimum Gasteiger partial charge on any atom is -0.311 e. The summed E-state index contributed by atoms with van der Waals surface area (Å²) in [5.41, 5.74) is 0.401. The Kier molecular flexibility index (Phi) is 4.13. The smallest absolute Gasteiger partial charge is 0.211 e. The number of hydrogen-bond donors (Lipinski definition) is 2. The Labute approximate surface area is 123 Å². The first-order valence-corrected chi connectivity index (χ1v) is 9.88. The SMILES string of the molecule is CCS(=O)(=O)NCCCNC12CC3CC(CC(C3)C1)C2. The fourth-order valence-electron chi connectivity index (χ4n) is 5.10. The third-order valence-corrected chi connectivity index (χ3v) is 7.00. The molecule has 0 unspecified atom stereocenters. The maximum absolute atomic E-state index is 11.4. The molecule has 4 bridgehead atoms. The van der Waals surface area contributed by atoms with Crippen molar-refractivity contribution in [2.24, 2.45) is 17.8 Å². The van der Waals surface area contributed by atoms with Gasteiger partial charge in [-0.1, -0.05) is 0 Å². The molecule has 0 aromatic rings. The lowest BCUT2D eigenvalue weighted by Crippen LogP contribution is -2.58. The molecule has 0 spiro atoms. The van der Waals surface area contributed by atoms with E-state index in [9.17, 15) is 8.42 Å². The van der Waals surface area contributed by atoms with Gasteiger partial charge in [-0.15, -0.1) is 0 Å². The van der Waals surface area contributed by atoms with Crippen molar-refractivity contribution in [2.45, 2.75) is 57.4 Å². The summed E-state index contributed by atoms with van der Waals surface area (Å²) >= 11 is 0. The Hall–Kier alpha value is -0.130. The number of hydrogen-bond acceptors (Lipinski definition) is 3. The van der Waals surface area contributed by atoms with Gasteiger partial charge in [0, 0.05) is 12.1 Å². The molecule has 0 aliphatic heterocycles. The average molecular weight is 300 g/mol. The Bertz CT molecular complexity index is 412. The van der Waals surface area contributed by atoms with E-state index in [0.29, 0.717) is 12.1 Å². The maximum Gasteiger partial charge on any atom is 0.211 e. The summed E-state index contributed by atoms with van der Waals surface area (Å²) in [6.07, 6.45) is 9.38. The topological polar surface area (TPSA) is 58.2 Å². The number of nitrogens with one attached hydrogen (secondary N) is 2. The third kappa shape index (κ3) is 3.20. The monoisotopic (exact) mass is 300 g/mol. The maximum atomic E-state index is 11.4. The lowest BCUT2D eigenvalue weighted by atomic mass is 9.53. The van der Waals surface area contributed by atoms with Gasteiger partial charge >= 0.3 is 0 Å². The summed E-state index contributed by atoms with van der Waals surface area (Å²) in [5, 5.41) is 3.80. The van der Waals surface area contributed by atoms with Gasteiger partial charge < -0.3 is 5.32 Å². The summed E-state index contributed by atoms with van der Waals surface area (Å²) < 4.78 is 25.4. The van der Waals surface area contributed by atoms with Gasteiger partial charge in [-0.2, -0.15) is 0 Å². The molecule has 2 N–H and O–H groups in total. The predicted molar refractivity (Wildman–Crippen MR) is 81.0 cm³/mol. The summed E-state index contributed by atoms with van der Waals surface area (Å²) in [7, 11) is -3.02. The average Bonchev–Trinajstić information content (AvgIpc) is 2.36. The van der Waals surface area contributed by atoms with Crippen molar-refractivity contribution in [3.05, 3.63) is 0 Å². The van der Waals surface area contributed by atoms with Crippen LogP contribution in [0.15, 0.2) is 0 Å². The first-order valence-electron chi connectivity index (χ1n) is 8.23. The number of rotatable bonds is 7. The van der Waals surface area contributed by atoms with E-state index in [1.807, 2.05) is 0 Å². The van der Waals surface area contributed by atoms with Crippen molar-refractivity contribution >= 4 is 10.0 Å². The molecule has 4 saturated carbocycles. The van der Waals surface area contributed by atoms with E-state index < -0.39 is 10.0 Å². The molecule has 4 aliphatic carbocycles. The molecule has 4 rings (SSSR count). The Morgan fingerprint density at radius 1 is 1.00 bits per heavy atom. The molecular formula is C15H28N2O2S. The van der Waals surface area contributed by atoms with Crippen LogP contribution in [0.5, 0.6) is 0 Å². The molecule has 4 nitrogen and oxygen atoms in total. The molecule has 0 saturated heterocycles. The summed E-state index contributed by atoms with van der Waals surface area (Å²) in [6, 6.07) is 0. The van der Waals surface area contributed by atoms with E-state index in [-0.39, 0.29) is 5.75 Å². The van der Waals surface area contributed by atoms with Gasteiger partial charge in [0.1, 0.15) is 0 Å². The van der Waals surface area contributed by atoms with Crippen molar-refractivity contribution < 1.29 is 8.42 Å². The highest BCUT2D eigenvalue weighted by Gasteiger charge is 2.50. The number of sulfonamides is 1. The summed E-state index contributed by atoms with van der Waals surface area (Å²) in [6.45, 7) is 3.18. The predicted octanol–water partition coefficient (Wildman–Crippen LogP) is 1.87. The Morgan fingerprint density at radius 2 is 1.55 bits per heavy atom. The Morgan fingerprint density at radius 3 is 2.05 bits per heavy atom. The third-order valence-electron chi connectivity index (χ3n) is 5.59. The van der Waals surface area contributed by atoms with E-state index in [1.165, 1.54) is 38.5 Å². The van der Waals surface area contributed by atoms with E-state index in [2.05, 4.69) is 10.0 Å². The zero-order chi connectivity index (χ0) is 14.2. The molecule has 0 radical (unpaired) electrons. The van der Waals surface area contributed by atoms with Crippen molar-refractivity contribution in [1.29, 1.82) is 0 Å². The van der Waals surface area contributed by atoms with E-state index in [0.717, 1.165) is 30.7 Å². The van der Waals surface area contributed by atoms with Crippen LogP contribution in [0, 0.1) is 17.8 Å². The standard InChI is InChI=1S/C15H28N2O2S/c1-2-20(18,19)17-5-3-4-16-15-9-12-6-13(10-15)8-14(7-12)11-15/h12-14,16-17H,2-11H2,1H3. The van der Waals surface area contributed by atoms with Crippen molar-refractivity contribution in [1.82, 2.24) is 10.0 Å². The van der Waals surface area contributed by atoms with Crippen molar-refractivity contribution in [2.75, 3.05) is 18.8 Å². The van der Waals surface area contributed by atoms with Crippen LogP contribution in [0.4, 0.5) is 0 Å². The van der Waals surface area contributed by atoms with E-state index in [1.54, 1.807) is 6.92 Å². The van der Waals surface area contributed by atoms with Crippen LogP contribution < -0.4 is 10.0 Å². The highest BCUT2D eigenvalue weighted by atomic mass is 32.2. The zero-order valence-electron chi connectivity index (χ0n) is 12.5. The molecule has 0 heterocycles. The van der Waals surface area contributed by atoms with Crippen molar-refractivity contribution in [3.63, 3.8) is 0 Å². The minimum atomic E-state index is -3.02.